The summed E-state index contributed by atoms with van der Waals surface area (Å²) in [6, 6.07) is 9.28. The van der Waals surface area contributed by atoms with Crippen LogP contribution in [0.2, 0.25) is 0 Å². The van der Waals surface area contributed by atoms with Crippen LogP contribution in [0.5, 0.6) is 5.75 Å². The molecule has 0 fully saturated rings. The maximum Gasteiger partial charge on any atom is 0.229 e. The minimum atomic E-state index is -3.48. The number of benzene rings is 1. The lowest BCUT2D eigenvalue weighted by Crippen LogP contribution is -2.10. The zero-order chi connectivity index (χ0) is 20.6. The van der Waals surface area contributed by atoms with Gasteiger partial charge in [-0.3, -0.25) is 9.71 Å². The normalized spacial score (nSPS) is 11.6. The summed E-state index contributed by atoms with van der Waals surface area (Å²) in [6.07, 6.45) is 7.99. The van der Waals surface area contributed by atoms with Crippen molar-refractivity contribution in [3.05, 3.63) is 55.2 Å². The number of fused-ring (bicyclic) bond motifs is 1. The number of nitrogens with zero attached hydrogens (tertiary/aromatic N) is 4. The van der Waals surface area contributed by atoms with E-state index < -0.39 is 10.0 Å². The number of nitrogens with one attached hydrogen (secondary N) is 1. The van der Waals surface area contributed by atoms with Crippen LogP contribution in [0.1, 0.15) is 0 Å². The van der Waals surface area contributed by atoms with Gasteiger partial charge in [-0.1, -0.05) is 0 Å². The molecule has 0 saturated heterocycles. The first kappa shape index (κ1) is 18.9. The topological polar surface area (TPSA) is 99.0 Å². The van der Waals surface area contributed by atoms with E-state index in [1.807, 2.05) is 29.8 Å². The highest BCUT2D eigenvalue weighted by Crippen LogP contribution is 2.37. The average molecular weight is 409 g/mol. The van der Waals surface area contributed by atoms with E-state index in [2.05, 4.69) is 14.7 Å². The Balaban J connectivity index is 2.04. The summed E-state index contributed by atoms with van der Waals surface area (Å²) < 4.78 is 33.4. The monoisotopic (exact) mass is 409 g/mol. The number of ether oxygens (including phenoxy) is 1. The van der Waals surface area contributed by atoms with Gasteiger partial charge in [0.1, 0.15) is 5.75 Å². The third-order valence-corrected chi connectivity index (χ3v) is 5.09. The highest BCUT2D eigenvalue weighted by molar-refractivity contribution is 7.92. The van der Waals surface area contributed by atoms with Crippen LogP contribution in [0, 0.1) is 0 Å². The second kappa shape index (κ2) is 7.17. The van der Waals surface area contributed by atoms with Crippen LogP contribution in [-0.4, -0.2) is 41.3 Å². The second-order valence-electron chi connectivity index (χ2n) is 6.62. The first-order valence-electron chi connectivity index (χ1n) is 8.73. The number of hydrogen-bond acceptors (Lipinski definition) is 6. The van der Waals surface area contributed by atoms with Crippen molar-refractivity contribution in [3.63, 3.8) is 0 Å². The Labute approximate surface area is 168 Å². The molecule has 3 aromatic heterocycles. The lowest BCUT2D eigenvalue weighted by molar-refractivity contribution is 0.417. The van der Waals surface area contributed by atoms with Crippen LogP contribution >= 0.6 is 0 Å². The molecule has 0 aliphatic carbocycles. The molecule has 3 heterocycles. The predicted molar refractivity (Wildman–Crippen MR) is 112 cm³/mol. The fraction of sp³-hybridized carbons (Fsp3) is 0.150. The molecule has 1 N–H and O–H groups in total. The first-order valence-corrected chi connectivity index (χ1v) is 10.6. The van der Waals surface area contributed by atoms with Gasteiger partial charge < -0.3 is 9.30 Å². The van der Waals surface area contributed by atoms with E-state index >= 15 is 0 Å². The van der Waals surface area contributed by atoms with Crippen LogP contribution in [0.15, 0.2) is 55.2 Å². The Hall–Kier alpha value is -3.46. The Morgan fingerprint density at radius 2 is 1.86 bits per heavy atom. The Morgan fingerprint density at radius 1 is 1.10 bits per heavy atom. The highest BCUT2D eigenvalue weighted by Gasteiger charge is 2.16. The molecular formula is C20H19N5O3S. The molecule has 148 valence electrons. The molecule has 8 nitrogen and oxygen atoms in total. The Bertz CT molecular complexity index is 1300. The zero-order valence-corrected chi connectivity index (χ0v) is 16.9. The molecule has 0 radical (unpaired) electrons. The standard InChI is InChI=1S/C20H19N5O3S/c1-25-12-22-11-19(25)17-8-14(13-4-6-21-7-5-13)15-9-20(28-2)18(10-16(15)23-17)24-29(3,26)27/h4-12,24H,1-3H3. The SMILES string of the molecule is COc1cc2c(-c3ccncc3)cc(-c3cncn3C)nc2cc1NS(C)(=O)=O. The van der Waals surface area contributed by atoms with Crippen molar-refractivity contribution in [2.75, 3.05) is 18.1 Å². The van der Waals surface area contributed by atoms with Crippen LogP contribution in [0.25, 0.3) is 33.4 Å². The van der Waals surface area contributed by atoms with E-state index in [0.29, 0.717) is 17.0 Å². The zero-order valence-electron chi connectivity index (χ0n) is 16.1. The summed E-state index contributed by atoms with van der Waals surface area (Å²) in [6.45, 7) is 0. The van der Waals surface area contributed by atoms with Gasteiger partial charge in [0.05, 0.1) is 48.5 Å². The third-order valence-electron chi connectivity index (χ3n) is 4.50. The number of hydrogen-bond donors (Lipinski definition) is 1. The fourth-order valence-electron chi connectivity index (χ4n) is 3.21. The second-order valence-corrected chi connectivity index (χ2v) is 8.37. The highest BCUT2D eigenvalue weighted by atomic mass is 32.2. The molecule has 1 aromatic carbocycles. The van der Waals surface area contributed by atoms with Crippen molar-refractivity contribution < 1.29 is 13.2 Å². The number of pyridine rings is 2. The van der Waals surface area contributed by atoms with Crippen molar-refractivity contribution in [1.29, 1.82) is 0 Å². The largest absolute Gasteiger partial charge is 0.495 e. The molecule has 0 aliphatic rings. The maximum absolute atomic E-state index is 11.8. The molecular weight excluding hydrogens is 390 g/mol. The molecule has 4 rings (SSSR count). The average Bonchev–Trinajstić information content (AvgIpc) is 3.12. The van der Waals surface area contributed by atoms with E-state index in [4.69, 9.17) is 9.72 Å². The van der Waals surface area contributed by atoms with E-state index in [0.717, 1.165) is 34.2 Å². The lowest BCUT2D eigenvalue weighted by atomic mass is 9.99. The van der Waals surface area contributed by atoms with Gasteiger partial charge in [0.15, 0.2) is 0 Å². The molecule has 0 aliphatic heterocycles. The summed E-state index contributed by atoms with van der Waals surface area (Å²) in [4.78, 5) is 13.0. The van der Waals surface area contributed by atoms with Crippen molar-refractivity contribution in [1.82, 2.24) is 19.5 Å². The fourth-order valence-corrected chi connectivity index (χ4v) is 3.77. The van der Waals surface area contributed by atoms with Crippen LogP contribution in [0.3, 0.4) is 0 Å². The minimum absolute atomic E-state index is 0.331. The van der Waals surface area contributed by atoms with E-state index in [1.165, 1.54) is 7.11 Å². The molecule has 0 spiro atoms. The quantitative estimate of drug-likeness (QED) is 0.544. The van der Waals surface area contributed by atoms with E-state index in [1.54, 1.807) is 37.1 Å². The molecule has 0 bridgehead atoms. The van der Waals surface area contributed by atoms with Gasteiger partial charge in [-0.05, 0) is 41.5 Å². The number of anilines is 1. The first-order chi connectivity index (χ1) is 13.9. The summed E-state index contributed by atoms with van der Waals surface area (Å²) in [5.74, 6) is 0.410. The molecule has 0 atom stereocenters. The number of sulfonamides is 1. The third kappa shape index (κ3) is 3.77. The van der Waals surface area contributed by atoms with E-state index in [9.17, 15) is 8.42 Å². The van der Waals surface area contributed by atoms with Gasteiger partial charge in [-0.25, -0.2) is 18.4 Å². The van der Waals surface area contributed by atoms with E-state index in [-0.39, 0.29) is 0 Å². The summed E-state index contributed by atoms with van der Waals surface area (Å²) in [5, 5.41) is 0.831. The molecule has 0 unspecified atom stereocenters. The van der Waals surface area contributed by atoms with Crippen molar-refractivity contribution in [2.45, 2.75) is 0 Å². The number of rotatable bonds is 5. The summed E-state index contributed by atoms with van der Waals surface area (Å²) in [7, 11) is -0.0889. The van der Waals surface area contributed by atoms with Crippen LogP contribution < -0.4 is 9.46 Å². The van der Waals surface area contributed by atoms with Gasteiger partial charge >= 0.3 is 0 Å². The predicted octanol–water partition coefficient (Wildman–Crippen LogP) is 3.08. The van der Waals surface area contributed by atoms with Crippen molar-refractivity contribution >= 4 is 26.6 Å². The van der Waals surface area contributed by atoms with Crippen molar-refractivity contribution in [2.24, 2.45) is 7.05 Å². The molecule has 0 amide bonds. The molecule has 9 heteroatoms. The minimum Gasteiger partial charge on any atom is -0.495 e. The Kier molecular flexibility index (Phi) is 4.67. The van der Waals surface area contributed by atoms with Gasteiger partial charge in [-0.15, -0.1) is 0 Å². The summed E-state index contributed by atoms with van der Waals surface area (Å²) >= 11 is 0. The van der Waals surface area contributed by atoms with Crippen LogP contribution in [-0.2, 0) is 17.1 Å². The lowest BCUT2D eigenvalue weighted by Gasteiger charge is -2.15. The molecule has 29 heavy (non-hydrogen) atoms. The smallest absolute Gasteiger partial charge is 0.229 e. The van der Waals surface area contributed by atoms with Gasteiger partial charge in [0.25, 0.3) is 0 Å². The van der Waals surface area contributed by atoms with Crippen LogP contribution in [0.4, 0.5) is 5.69 Å². The molecule has 4 aromatic rings. The number of methoxy groups -OCH3 is 1. The number of aryl methyl sites for hydroxylation is 1. The van der Waals surface area contributed by atoms with Gasteiger partial charge in [0, 0.05) is 24.8 Å². The van der Waals surface area contributed by atoms with Crippen molar-refractivity contribution in [3.8, 4) is 28.3 Å². The summed E-state index contributed by atoms with van der Waals surface area (Å²) in [5.41, 5.74) is 4.41. The van der Waals surface area contributed by atoms with Gasteiger partial charge in [0.2, 0.25) is 10.0 Å². The van der Waals surface area contributed by atoms with Gasteiger partial charge in [-0.2, -0.15) is 0 Å². The maximum atomic E-state index is 11.8. The number of imidazole rings is 1. The molecule has 0 saturated carbocycles. The Morgan fingerprint density at radius 3 is 2.48 bits per heavy atom. The number of aromatic nitrogens is 4.